The summed E-state index contributed by atoms with van der Waals surface area (Å²) < 4.78 is 18.8. The Hall–Kier alpha value is 0.850. The molecule has 0 fully saturated rings. The second kappa shape index (κ2) is 13.3. The molecule has 0 bridgehead atoms. The van der Waals surface area contributed by atoms with Crippen molar-refractivity contribution in [2.75, 3.05) is 28.7 Å². The van der Waals surface area contributed by atoms with E-state index in [9.17, 15) is 4.79 Å². The summed E-state index contributed by atoms with van der Waals surface area (Å²) in [5.41, 5.74) is -0.498. The van der Waals surface area contributed by atoms with E-state index < -0.39 is 11.7 Å². The fraction of sp³-hybridized carbons (Fsp3) is 0.933. The molecule has 0 radical (unpaired) electrons. The van der Waals surface area contributed by atoms with E-state index in [4.69, 9.17) is 14.2 Å². The van der Waals surface area contributed by atoms with E-state index in [0.717, 1.165) is 34.5 Å². The minimum atomic E-state index is -0.613. The highest BCUT2D eigenvalue weighted by molar-refractivity contribution is 14.1. The summed E-state index contributed by atoms with van der Waals surface area (Å²) in [5, 5.41) is 0. The van der Waals surface area contributed by atoms with Crippen LogP contribution in [0.25, 0.3) is 0 Å². The second-order valence-electron chi connectivity index (χ2n) is 5.76. The van der Waals surface area contributed by atoms with Crippen molar-refractivity contribution in [3.05, 3.63) is 0 Å². The van der Waals surface area contributed by atoms with E-state index in [0.29, 0.717) is 13.2 Å². The summed E-state index contributed by atoms with van der Waals surface area (Å²) in [6, 6.07) is 0. The maximum absolute atomic E-state index is 12.1. The zero-order valence-electron chi connectivity index (χ0n) is 13.3. The Morgan fingerprint density at radius 1 is 1.00 bits per heavy atom. The van der Waals surface area contributed by atoms with Crippen LogP contribution in [0.3, 0.4) is 0 Å². The normalized spacial score (nSPS) is 13.2. The number of esters is 1. The fourth-order valence-corrected chi connectivity index (χ4v) is 2.54. The van der Waals surface area contributed by atoms with Gasteiger partial charge in [0, 0.05) is 13.2 Å². The molecule has 0 amide bonds. The smallest absolute Gasteiger partial charge is 0.338 e. The molecule has 0 heterocycles. The number of halogens is 2. The van der Waals surface area contributed by atoms with Crippen molar-refractivity contribution in [2.45, 2.75) is 58.2 Å². The van der Waals surface area contributed by atoms with Crippen LogP contribution in [0.2, 0.25) is 0 Å². The second-order valence-corrected chi connectivity index (χ2v) is 7.92. The van der Waals surface area contributed by atoms with E-state index in [2.05, 4.69) is 45.2 Å². The molecule has 126 valence electrons. The molecule has 0 aromatic carbocycles. The van der Waals surface area contributed by atoms with Crippen LogP contribution >= 0.6 is 45.2 Å². The number of hydrogen-bond donors (Lipinski definition) is 0. The lowest BCUT2D eigenvalue weighted by Crippen LogP contribution is -2.36. The zero-order chi connectivity index (χ0) is 16.1. The first-order chi connectivity index (χ1) is 9.90. The summed E-state index contributed by atoms with van der Waals surface area (Å²) in [5.74, 6) is -0.328. The van der Waals surface area contributed by atoms with Crippen molar-refractivity contribution in [3.63, 3.8) is 0 Å². The molecule has 0 rings (SSSR count). The van der Waals surface area contributed by atoms with Gasteiger partial charge in [-0.2, -0.15) is 0 Å². The van der Waals surface area contributed by atoms with E-state index in [1.807, 2.05) is 20.8 Å². The molecular weight excluding hydrogens is 498 g/mol. The largest absolute Gasteiger partial charge is 0.458 e. The average Bonchev–Trinajstić information content (AvgIpc) is 2.38. The van der Waals surface area contributed by atoms with Gasteiger partial charge >= 0.3 is 5.97 Å². The molecule has 0 spiro atoms. The standard InChI is InChI=1S/C15H28I2O4/c1-15(2,3)21-14(18)13(20-11-7-5-9-17)12-19-10-6-4-8-16/h13H,4-12H2,1-3H3. The Labute approximate surface area is 156 Å². The summed E-state index contributed by atoms with van der Waals surface area (Å²) >= 11 is 4.69. The van der Waals surface area contributed by atoms with Crippen LogP contribution in [0, 0.1) is 0 Å². The van der Waals surface area contributed by atoms with Crippen molar-refractivity contribution >= 4 is 51.2 Å². The molecule has 0 aliphatic heterocycles. The first-order valence-corrected chi connectivity index (χ1v) is 10.5. The van der Waals surface area contributed by atoms with Crippen molar-refractivity contribution in [3.8, 4) is 0 Å². The third-order valence-corrected chi connectivity index (χ3v) is 3.98. The molecule has 0 aromatic rings. The quantitative estimate of drug-likeness (QED) is 0.166. The lowest BCUT2D eigenvalue weighted by atomic mass is 10.2. The van der Waals surface area contributed by atoms with Crippen molar-refractivity contribution < 1.29 is 19.0 Å². The monoisotopic (exact) mass is 526 g/mol. The molecule has 0 aromatic heterocycles. The number of carbonyl (C=O) groups is 1. The predicted molar refractivity (Wildman–Crippen MR) is 103 cm³/mol. The highest BCUT2D eigenvalue weighted by Gasteiger charge is 2.26. The summed E-state index contributed by atoms with van der Waals surface area (Å²) in [6.07, 6.45) is 3.58. The number of rotatable bonds is 12. The molecule has 4 nitrogen and oxygen atoms in total. The van der Waals surface area contributed by atoms with Gasteiger partial charge in [-0.3, -0.25) is 0 Å². The summed E-state index contributed by atoms with van der Waals surface area (Å²) in [4.78, 5) is 12.1. The van der Waals surface area contributed by atoms with Crippen LogP contribution in [0.1, 0.15) is 46.5 Å². The lowest BCUT2D eigenvalue weighted by molar-refractivity contribution is -0.172. The number of alkyl halides is 2. The summed E-state index contributed by atoms with van der Waals surface area (Å²) in [7, 11) is 0. The van der Waals surface area contributed by atoms with Gasteiger partial charge < -0.3 is 14.2 Å². The molecule has 0 saturated heterocycles. The van der Waals surface area contributed by atoms with Gasteiger partial charge in [-0.05, 0) is 55.3 Å². The van der Waals surface area contributed by atoms with Crippen molar-refractivity contribution in [1.29, 1.82) is 0 Å². The molecule has 1 atom stereocenters. The Kier molecular flexibility index (Phi) is 13.8. The van der Waals surface area contributed by atoms with Gasteiger partial charge in [-0.15, -0.1) is 0 Å². The number of ether oxygens (including phenoxy) is 3. The molecular formula is C15H28I2O4. The van der Waals surface area contributed by atoms with E-state index >= 15 is 0 Å². The van der Waals surface area contributed by atoms with Gasteiger partial charge in [0.2, 0.25) is 0 Å². The molecule has 1 unspecified atom stereocenters. The first-order valence-electron chi connectivity index (χ1n) is 7.45. The molecule has 0 N–H and O–H groups in total. The Morgan fingerprint density at radius 2 is 1.57 bits per heavy atom. The van der Waals surface area contributed by atoms with Crippen LogP contribution in [0.15, 0.2) is 0 Å². The topological polar surface area (TPSA) is 44.8 Å². The van der Waals surface area contributed by atoms with Gasteiger partial charge in [0.05, 0.1) is 6.61 Å². The zero-order valence-corrected chi connectivity index (χ0v) is 17.6. The van der Waals surface area contributed by atoms with Crippen molar-refractivity contribution in [2.24, 2.45) is 0 Å². The highest BCUT2D eigenvalue weighted by Crippen LogP contribution is 2.11. The van der Waals surface area contributed by atoms with Crippen LogP contribution in [0.4, 0.5) is 0 Å². The Bertz CT molecular complexity index is 267. The number of carbonyl (C=O) groups excluding carboxylic acids is 1. The minimum absolute atomic E-state index is 0.278. The van der Waals surface area contributed by atoms with Crippen molar-refractivity contribution in [1.82, 2.24) is 0 Å². The van der Waals surface area contributed by atoms with E-state index in [-0.39, 0.29) is 12.6 Å². The van der Waals surface area contributed by atoms with E-state index in [1.54, 1.807) is 0 Å². The number of hydrogen-bond acceptors (Lipinski definition) is 4. The molecule has 21 heavy (non-hydrogen) atoms. The number of unbranched alkanes of at least 4 members (excludes halogenated alkanes) is 2. The van der Waals surface area contributed by atoms with Crippen LogP contribution < -0.4 is 0 Å². The van der Waals surface area contributed by atoms with Crippen LogP contribution in [0.5, 0.6) is 0 Å². The first kappa shape index (κ1) is 21.9. The van der Waals surface area contributed by atoms with Gasteiger partial charge in [-0.1, -0.05) is 45.2 Å². The minimum Gasteiger partial charge on any atom is -0.458 e. The Balaban J connectivity index is 4.16. The summed E-state index contributed by atoms with van der Waals surface area (Å²) in [6.45, 7) is 7.10. The van der Waals surface area contributed by atoms with Gasteiger partial charge in [-0.25, -0.2) is 4.79 Å². The fourth-order valence-electron chi connectivity index (χ4n) is 1.46. The van der Waals surface area contributed by atoms with E-state index in [1.165, 1.54) is 0 Å². The molecule has 6 heteroatoms. The SMILES string of the molecule is CC(C)(C)OC(=O)C(COCCCCI)OCCCCI. The van der Waals surface area contributed by atoms with Crippen LogP contribution in [-0.2, 0) is 19.0 Å². The molecule has 0 saturated carbocycles. The third-order valence-electron chi connectivity index (χ3n) is 2.46. The highest BCUT2D eigenvalue weighted by atomic mass is 127. The van der Waals surface area contributed by atoms with Gasteiger partial charge in [0.1, 0.15) is 5.60 Å². The maximum Gasteiger partial charge on any atom is 0.338 e. The lowest BCUT2D eigenvalue weighted by Gasteiger charge is -2.24. The van der Waals surface area contributed by atoms with Crippen LogP contribution in [-0.4, -0.2) is 46.4 Å². The predicted octanol–water partition coefficient (Wildman–Crippen LogP) is 4.16. The van der Waals surface area contributed by atoms with Gasteiger partial charge in [0.25, 0.3) is 0 Å². The third kappa shape index (κ3) is 14.2. The Morgan fingerprint density at radius 3 is 2.10 bits per heavy atom. The molecule has 0 aliphatic carbocycles. The average molecular weight is 526 g/mol. The van der Waals surface area contributed by atoms with Gasteiger partial charge in [0.15, 0.2) is 6.10 Å². The molecule has 0 aliphatic rings. The maximum atomic E-state index is 12.1.